The molecule has 6 nitrogen and oxygen atoms in total. The number of nitrogens with zero attached hydrogens (tertiary/aromatic N) is 2. The number of esters is 1. The summed E-state index contributed by atoms with van der Waals surface area (Å²) in [6.45, 7) is 3.21. The molecular weight excluding hydrogens is 412 g/mol. The quantitative estimate of drug-likeness (QED) is 0.462. The third-order valence-corrected chi connectivity index (χ3v) is 6.56. The molecule has 31 heavy (non-hydrogen) atoms. The molecule has 2 aromatic rings. The Morgan fingerprint density at radius 1 is 1.03 bits per heavy atom. The number of hydrogen-bond acceptors (Lipinski definition) is 5. The van der Waals surface area contributed by atoms with E-state index in [2.05, 4.69) is 0 Å². The number of rotatable bonds is 8. The van der Waals surface area contributed by atoms with Gasteiger partial charge in [0.25, 0.3) is 5.91 Å². The van der Waals surface area contributed by atoms with Gasteiger partial charge in [-0.2, -0.15) is 0 Å². The SMILES string of the molecule is CC(c1ccccc1)N(C)C(=O)COC(=O)c1ccccc1SCC(=O)N1CCCC1. The summed E-state index contributed by atoms with van der Waals surface area (Å²) in [5.74, 6) is -0.483. The van der Waals surface area contributed by atoms with E-state index in [1.54, 1.807) is 30.1 Å². The van der Waals surface area contributed by atoms with Gasteiger partial charge in [0, 0.05) is 25.0 Å². The number of benzene rings is 2. The zero-order chi connectivity index (χ0) is 22.2. The molecule has 3 rings (SSSR count). The predicted molar refractivity (Wildman–Crippen MR) is 121 cm³/mol. The standard InChI is InChI=1S/C24H28N2O4S/c1-18(19-10-4-3-5-11-19)25(2)22(27)16-30-24(29)20-12-6-7-13-21(20)31-17-23(28)26-14-8-9-15-26/h3-7,10-13,18H,8-9,14-17H2,1-2H3. The van der Waals surface area contributed by atoms with Crippen LogP contribution in [0.5, 0.6) is 0 Å². The molecule has 0 spiro atoms. The van der Waals surface area contributed by atoms with Crippen molar-refractivity contribution in [2.24, 2.45) is 0 Å². The van der Waals surface area contributed by atoms with Gasteiger partial charge in [-0.25, -0.2) is 4.79 Å². The highest BCUT2D eigenvalue weighted by Gasteiger charge is 2.22. The Bertz CT molecular complexity index is 913. The Morgan fingerprint density at radius 3 is 2.39 bits per heavy atom. The van der Waals surface area contributed by atoms with E-state index in [1.165, 1.54) is 11.8 Å². The molecule has 1 unspecified atom stereocenters. The normalized spacial score (nSPS) is 14.2. The fourth-order valence-corrected chi connectivity index (χ4v) is 4.38. The lowest BCUT2D eigenvalue weighted by atomic mass is 10.1. The van der Waals surface area contributed by atoms with Crippen LogP contribution in [0.25, 0.3) is 0 Å². The maximum atomic E-state index is 12.6. The first kappa shape index (κ1) is 22.9. The molecule has 1 atom stereocenters. The molecule has 0 radical (unpaired) electrons. The summed E-state index contributed by atoms with van der Waals surface area (Å²) in [5.41, 5.74) is 1.38. The topological polar surface area (TPSA) is 66.9 Å². The summed E-state index contributed by atoms with van der Waals surface area (Å²) in [4.78, 5) is 41.6. The van der Waals surface area contributed by atoms with Crippen molar-refractivity contribution < 1.29 is 19.1 Å². The average molecular weight is 441 g/mol. The maximum Gasteiger partial charge on any atom is 0.339 e. The molecule has 164 valence electrons. The van der Waals surface area contributed by atoms with Gasteiger partial charge in [-0.15, -0.1) is 11.8 Å². The summed E-state index contributed by atoms with van der Waals surface area (Å²) >= 11 is 1.33. The lowest BCUT2D eigenvalue weighted by molar-refractivity contribution is -0.135. The second kappa shape index (κ2) is 11.0. The van der Waals surface area contributed by atoms with Crippen LogP contribution < -0.4 is 0 Å². The van der Waals surface area contributed by atoms with Gasteiger partial charge in [0.2, 0.25) is 5.91 Å². The fraction of sp³-hybridized carbons (Fsp3) is 0.375. The van der Waals surface area contributed by atoms with Gasteiger partial charge in [0.1, 0.15) is 0 Å². The smallest absolute Gasteiger partial charge is 0.339 e. The van der Waals surface area contributed by atoms with E-state index < -0.39 is 5.97 Å². The van der Waals surface area contributed by atoms with Crippen LogP contribution in [0.15, 0.2) is 59.5 Å². The number of amides is 2. The first-order chi connectivity index (χ1) is 15.0. The second-order valence-corrected chi connectivity index (χ2v) is 8.56. The largest absolute Gasteiger partial charge is 0.452 e. The van der Waals surface area contributed by atoms with Crippen LogP contribution in [0.1, 0.15) is 41.7 Å². The number of likely N-dealkylation sites (N-methyl/N-ethyl adjacent to an activating group) is 1. The Morgan fingerprint density at radius 2 is 1.68 bits per heavy atom. The minimum absolute atomic E-state index is 0.0809. The molecular formula is C24H28N2O4S. The fourth-order valence-electron chi connectivity index (χ4n) is 3.44. The van der Waals surface area contributed by atoms with E-state index in [0.717, 1.165) is 31.5 Å². The lowest BCUT2D eigenvalue weighted by Gasteiger charge is -2.25. The van der Waals surface area contributed by atoms with Crippen molar-refractivity contribution in [3.05, 3.63) is 65.7 Å². The van der Waals surface area contributed by atoms with Crippen LogP contribution in [0, 0.1) is 0 Å². The van der Waals surface area contributed by atoms with Crippen LogP contribution in [0.4, 0.5) is 0 Å². The molecule has 7 heteroatoms. The van der Waals surface area contributed by atoms with Crippen molar-refractivity contribution in [3.63, 3.8) is 0 Å². The molecule has 1 saturated heterocycles. The molecule has 0 aromatic heterocycles. The predicted octanol–water partition coefficient (Wildman–Crippen LogP) is 3.78. The van der Waals surface area contributed by atoms with Gasteiger partial charge in [-0.1, -0.05) is 42.5 Å². The number of thioether (sulfide) groups is 1. The highest BCUT2D eigenvalue weighted by atomic mass is 32.2. The molecule has 2 amide bonds. The first-order valence-electron chi connectivity index (χ1n) is 10.4. The van der Waals surface area contributed by atoms with E-state index in [1.807, 2.05) is 48.2 Å². The Hall–Kier alpha value is -2.80. The monoisotopic (exact) mass is 440 g/mol. The molecule has 2 aromatic carbocycles. The number of carbonyl (C=O) groups is 3. The second-order valence-electron chi connectivity index (χ2n) is 7.54. The number of hydrogen-bond donors (Lipinski definition) is 0. The summed E-state index contributed by atoms with van der Waals surface area (Å²) in [7, 11) is 1.70. The van der Waals surface area contributed by atoms with Crippen LogP contribution in [-0.4, -0.2) is 60.1 Å². The molecule has 0 saturated carbocycles. The van der Waals surface area contributed by atoms with Crippen molar-refractivity contribution in [1.82, 2.24) is 9.80 Å². The third kappa shape index (κ3) is 6.10. The van der Waals surface area contributed by atoms with E-state index in [4.69, 9.17) is 4.74 Å². The molecule has 1 heterocycles. The van der Waals surface area contributed by atoms with Gasteiger partial charge in [-0.3, -0.25) is 9.59 Å². The molecule has 0 N–H and O–H groups in total. The van der Waals surface area contributed by atoms with Crippen molar-refractivity contribution in [1.29, 1.82) is 0 Å². The summed E-state index contributed by atoms with van der Waals surface area (Å²) < 4.78 is 5.31. The third-order valence-electron chi connectivity index (χ3n) is 5.50. The maximum absolute atomic E-state index is 12.6. The molecule has 0 bridgehead atoms. The highest BCUT2D eigenvalue weighted by Crippen LogP contribution is 2.25. The van der Waals surface area contributed by atoms with Gasteiger partial charge in [0.05, 0.1) is 17.4 Å². The van der Waals surface area contributed by atoms with Crippen LogP contribution in [0.3, 0.4) is 0 Å². The Labute approximate surface area is 187 Å². The zero-order valence-corrected chi connectivity index (χ0v) is 18.8. The molecule has 1 fully saturated rings. The molecule has 1 aliphatic heterocycles. The van der Waals surface area contributed by atoms with Crippen molar-refractivity contribution >= 4 is 29.5 Å². The van der Waals surface area contributed by atoms with Crippen molar-refractivity contribution in [3.8, 4) is 0 Å². The Balaban J connectivity index is 1.55. The van der Waals surface area contributed by atoms with Crippen LogP contribution in [-0.2, 0) is 14.3 Å². The van der Waals surface area contributed by atoms with Crippen molar-refractivity contribution in [2.75, 3.05) is 32.5 Å². The van der Waals surface area contributed by atoms with Gasteiger partial charge < -0.3 is 14.5 Å². The summed E-state index contributed by atoms with van der Waals surface area (Å²) in [6.07, 6.45) is 2.09. The average Bonchev–Trinajstić information content (AvgIpc) is 3.35. The Kier molecular flexibility index (Phi) is 8.12. The van der Waals surface area contributed by atoms with E-state index in [9.17, 15) is 14.4 Å². The minimum Gasteiger partial charge on any atom is -0.452 e. The van der Waals surface area contributed by atoms with Crippen molar-refractivity contribution in [2.45, 2.75) is 30.7 Å². The van der Waals surface area contributed by atoms with E-state index >= 15 is 0 Å². The van der Waals surface area contributed by atoms with Gasteiger partial charge in [0.15, 0.2) is 6.61 Å². The molecule has 1 aliphatic rings. The van der Waals surface area contributed by atoms with Gasteiger partial charge >= 0.3 is 5.97 Å². The zero-order valence-electron chi connectivity index (χ0n) is 18.0. The number of carbonyl (C=O) groups excluding carboxylic acids is 3. The first-order valence-corrected chi connectivity index (χ1v) is 11.4. The number of likely N-dealkylation sites (tertiary alicyclic amines) is 1. The van der Waals surface area contributed by atoms with E-state index in [0.29, 0.717) is 10.5 Å². The van der Waals surface area contributed by atoms with Crippen LogP contribution in [0.2, 0.25) is 0 Å². The summed E-state index contributed by atoms with van der Waals surface area (Å²) in [5, 5.41) is 0. The van der Waals surface area contributed by atoms with Crippen LogP contribution >= 0.6 is 11.8 Å². The number of ether oxygens (including phenoxy) is 1. The molecule has 0 aliphatic carbocycles. The summed E-state index contributed by atoms with van der Waals surface area (Å²) in [6, 6.07) is 16.6. The minimum atomic E-state index is -0.564. The highest BCUT2D eigenvalue weighted by molar-refractivity contribution is 8.00. The van der Waals surface area contributed by atoms with Gasteiger partial charge in [-0.05, 0) is 37.5 Å². The van der Waals surface area contributed by atoms with E-state index in [-0.39, 0.29) is 30.2 Å². The lowest BCUT2D eigenvalue weighted by Crippen LogP contribution is -2.33.